The fourth-order valence-electron chi connectivity index (χ4n) is 2.89. The highest BCUT2D eigenvalue weighted by atomic mass is 16.7. The van der Waals surface area contributed by atoms with Crippen molar-refractivity contribution in [3.05, 3.63) is 53.2 Å². The second-order valence-corrected chi connectivity index (χ2v) is 5.79. The highest BCUT2D eigenvalue weighted by Gasteiger charge is 2.39. The lowest BCUT2D eigenvalue weighted by atomic mass is 10.0. The van der Waals surface area contributed by atoms with E-state index in [0.717, 1.165) is 12.8 Å². The highest BCUT2D eigenvalue weighted by molar-refractivity contribution is 6.21. The van der Waals surface area contributed by atoms with E-state index >= 15 is 0 Å². The summed E-state index contributed by atoms with van der Waals surface area (Å²) in [5.74, 6) is -1.77. The van der Waals surface area contributed by atoms with E-state index in [1.54, 1.807) is 12.1 Å². The van der Waals surface area contributed by atoms with Crippen molar-refractivity contribution in [3.63, 3.8) is 0 Å². The number of nitrogens with zero attached hydrogens (tertiary/aromatic N) is 2. The summed E-state index contributed by atoms with van der Waals surface area (Å²) >= 11 is 0. The van der Waals surface area contributed by atoms with Gasteiger partial charge in [-0.15, -0.1) is 0 Å². The number of rotatable bonds is 3. The summed E-state index contributed by atoms with van der Waals surface area (Å²) in [6.45, 7) is 1.23. The van der Waals surface area contributed by atoms with Crippen molar-refractivity contribution >= 4 is 17.8 Å². The number of aromatic nitrogens is 1. The van der Waals surface area contributed by atoms with Crippen LogP contribution in [0, 0.1) is 0 Å². The van der Waals surface area contributed by atoms with Gasteiger partial charge in [-0.3, -0.25) is 9.59 Å². The van der Waals surface area contributed by atoms with E-state index in [9.17, 15) is 14.4 Å². The lowest BCUT2D eigenvalue weighted by Gasteiger charge is -2.18. The molecule has 2 aliphatic rings. The first-order valence-corrected chi connectivity index (χ1v) is 7.88. The third kappa shape index (κ3) is 2.70. The monoisotopic (exact) mass is 342 g/mol. The molecule has 3 heterocycles. The molecule has 128 valence electrons. The fraction of sp³-hybridized carbons (Fsp3) is 0.294. The van der Waals surface area contributed by atoms with E-state index in [1.165, 1.54) is 18.4 Å². The molecule has 0 radical (unpaired) electrons. The average Bonchev–Trinajstić information content (AvgIpc) is 3.23. The predicted octanol–water partition coefficient (Wildman–Crippen LogP) is 1.94. The number of benzene rings is 1. The van der Waals surface area contributed by atoms with Gasteiger partial charge in [0.2, 0.25) is 0 Å². The van der Waals surface area contributed by atoms with Crippen molar-refractivity contribution in [2.75, 3.05) is 13.2 Å². The maximum Gasteiger partial charge on any atom is 0.385 e. The molecule has 8 heteroatoms. The second kappa shape index (κ2) is 6.14. The van der Waals surface area contributed by atoms with Crippen LogP contribution in [0.2, 0.25) is 0 Å². The zero-order chi connectivity index (χ0) is 17.4. The number of fused-ring (bicyclic) bond motifs is 1. The summed E-state index contributed by atoms with van der Waals surface area (Å²) in [6.07, 6.45) is 2.69. The molecular formula is C17H14N2O6. The van der Waals surface area contributed by atoms with Crippen molar-refractivity contribution in [2.45, 2.75) is 18.8 Å². The maximum atomic E-state index is 12.2. The molecule has 0 bridgehead atoms. The van der Waals surface area contributed by atoms with Crippen LogP contribution in [0.3, 0.4) is 0 Å². The van der Waals surface area contributed by atoms with E-state index in [4.69, 9.17) is 14.0 Å². The minimum atomic E-state index is -0.920. The highest BCUT2D eigenvalue weighted by Crippen LogP contribution is 2.27. The topological polar surface area (TPSA) is 98.9 Å². The number of carbonyl (C=O) groups excluding carboxylic acids is 3. The van der Waals surface area contributed by atoms with Crippen LogP contribution in [0.5, 0.6) is 0 Å². The Labute approximate surface area is 142 Å². The molecule has 0 N–H and O–H groups in total. The summed E-state index contributed by atoms with van der Waals surface area (Å²) in [5.41, 5.74) is 0.310. The van der Waals surface area contributed by atoms with Gasteiger partial charge in [0.15, 0.2) is 11.6 Å². The standard InChI is InChI=1S/C17H14N2O6/c20-15-11-3-1-2-4-12(11)16(21)19(15)25-17(22)13-9-24-14(18-13)10-5-7-23-8-6-10/h1-4,9-10H,5-8H2. The number of imide groups is 1. The van der Waals surface area contributed by atoms with Crippen molar-refractivity contribution in [1.29, 1.82) is 0 Å². The van der Waals surface area contributed by atoms with Gasteiger partial charge >= 0.3 is 5.97 Å². The molecule has 2 aliphatic heterocycles. The van der Waals surface area contributed by atoms with E-state index in [-0.39, 0.29) is 22.7 Å². The van der Waals surface area contributed by atoms with E-state index in [2.05, 4.69) is 4.98 Å². The number of ether oxygens (including phenoxy) is 1. The number of carbonyl (C=O) groups is 3. The van der Waals surface area contributed by atoms with Gasteiger partial charge in [0.1, 0.15) is 6.26 Å². The van der Waals surface area contributed by atoms with Crippen LogP contribution in [-0.2, 0) is 9.57 Å². The Kier molecular flexibility index (Phi) is 3.81. The molecule has 1 aromatic heterocycles. The number of hydroxylamine groups is 2. The third-order valence-electron chi connectivity index (χ3n) is 4.23. The Morgan fingerprint density at radius 2 is 1.76 bits per heavy atom. The number of hydrogen-bond donors (Lipinski definition) is 0. The molecule has 0 spiro atoms. The summed E-state index contributed by atoms with van der Waals surface area (Å²) < 4.78 is 10.6. The van der Waals surface area contributed by atoms with Gasteiger partial charge in [0, 0.05) is 19.1 Å². The molecular weight excluding hydrogens is 328 g/mol. The summed E-state index contributed by atoms with van der Waals surface area (Å²) in [5, 5.41) is 0.454. The molecule has 25 heavy (non-hydrogen) atoms. The van der Waals surface area contributed by atoms with Gasteiger partial charge < -0.3 is 14.0 Å². The summed E-state index contributed by atoms with van der Waals surface area (Å²) in [7, 11) is 0. The molecule has 0 atom stereocenters. The minimum absolute atomic E-state index is 0.0783. The Balaban J connectivity index is 1.49. The summed E-state index contributed by atoms with van der Waals surface area (Å²) in [4.78, 5) is 45.7. The molecule has 1 aromatic carbocycles. The van der Waals surface area contributed by atoms with E-state index in [0.29, 0.717) is 24.2 Å². The Hall–Kier alpha value is -3.00. The molecule has 1 saturated heterocycles. The average molecular weight is 342 g/mol. The van der Waals surface area contributed by atoms with Crippen molar-refractivity contribution in [2.24, 2.45) is 0 Å². The third-order valence-corrected chi connectivity index (χ3v) is 4.23. The number of amides is 2. The first-order valence-electron chi connectivity index (χ1n) is 7.88. The lowest BCUT2D eigenvalue weighted by molar-refractivity contribution is -0.0588. The number of hydrogen-bond acceptors (Lipinski definition) is 7. The summed E-state index contributed by atoms with van der Waals surface area (Å²) in [6, 6.07) is 6.27. The zero-order valence-corrected chi connectivity index (χ0v) is 13.1. The van der Waals surface area contributed by atoms with Crippen LogP contribution in [0.1, 0.15) is 55.9 Å². The van der Waals surface area contributed by atoms with Crippen molar-refractivity contribution < 1.29 is 28.4 Å². The van der Waals surface area contributed by atoms with Gasteiger partial charge in [-0.25, -0.2) is 9.78 Å². The molecule has 0 aliphatic carbocycles. The Morgan fingerprint density at radius 1 is 1.12 bits per heavy atom. The number of oxazole rings is 1. The smallest absolute Gasteiger partial charge is 0.385 e. The van der Waals surface area contributed by atoms with E-state index in [1.807, 2.05) is 0 Å². The van der Waals surface area contributed by atoms with Crippen molar-refractivity contribution in [1.82, 2.24) is 10.0 Å². The van der Waals surface area contributed by atoms with Crippen LogP contribution in [0.4, 0.5) is 0 Å². The van der Waals surface area contributed by atoms with Crippen LogP contribution in [-0.4, -0.2) is 41.0 Å². The second-order valence-electron chi connectivity index (χ2n) is 5.79. The molecule has 2 aromatic rings. The molecule has 8 nitrogen and oxygen atoms in total. The van der Waals surface area contributed by atoms with Crippen LogP contribution in [0.25, 0.3) is 0 Å². The fourth-order valence-corrected chi connectivity index (χ4v) is 2.89. The largest absolute Gasteiger partial charge is 0.448 e. The molecule has 4 rings (SSSR count). The van der Waals surface area contributed by atoms with Gasteiger partial charge in [-0.1, -0.05) is 17.2 Å². The molecule has 0 unspecified atom stereocenters. The van der Waals surface area contributed by atoms with Crippen LogP contribution < -0.4 is 0 Å². The van der Waals surface area contributed by atoms with Crippen LogP contribution >= 0.6 is 0 Å². The Morgan fingerprint density at radius 3 is 2.40 bits per heavy atom. The van der Waals surface area contributed by atoms with Crippen molar-refractivity contribution in [3.8, 4) is 0 Å². The lowest BCUT2D eigenvalue weighted by Crippen LogP contribution is -2.32. The quantitative estimate of drug-likeness (QED) is 0.786. The first kappa shape index (κ1) is 15.5. The van der Waals surface area contributed by atoms with E-state index < -0.39 is 17.8 Å². The van der Waals surface area contributed by atoms with Gasteiger partial charge in [0.25, 0.3) is 11.8 Å². The minimum Gasteiger partial charge on any atom is -0.448 e. The molecule has 0 saturated carbocycles. The Bertz CT molecular complexity index is 817. The molecule has 2 amide bonds. The SMILES string of the molecule is O=C(ON1C(=O)c2ccccc2C1=O)c1coc(C2CCOCC2)n1. The maximum absolute atomic E-state index is 12.2. The normalized spacial score (nSPS) is 17.7. The first-order chi connectivity index (χ1) is 12.1. The van der Waals surface area contributed by atoms with Gasteiger partial charge in [-0.2, -0.15) is 0 Å². The predicted molar refractivity (Wildman–Crippen MR) is 81.7 cm³/mol. The van der Waals surface area contributed by atoms with Gasteiger partial charge in [-0.05, 0) is 25.0 Å². The van der Waals surface area contributed by atoms with Crippen LogP contribution in [0.15, 0.2) is 34.9 Å². The molecule has 1 fully saturated rings. The van der Waals surface area contributed by atoms with Gasteiger partial charge in [0.05, 0.1) is 11.1 Å². The zero-order valence-electron chi connectivity index (χ0n) is 13.1.